The van der Waals surface area contributed by atoms with Crippen LogP contribution in [0, 0.1) is 22.0 Å². The Morgan fingerprint density at radius 2 is 2.12 bits per heavy atom. The third-order valence-electron chi connectivity index (χ3n) is 4.35. The van der Waals surface area contributed by atoms with Gasteiger partial charge in [-0.3, -0.25) is 10.1 Å². The van der Waals surface area contributed by atoms with E-state index in [1.807, 2.05) is 6.92 Å². The fourth-order valence-corrected chi connectivity index (χ4v) is 3.54. The summed E-state index contributed by atoms with van der Waals surface area (Å²) in [5.41, 5.74) is -0.166. The average molecular weight is 350 g/mol. The summed E-state index contributed by atoms with van der Waals surface area (Å²) in [4.78, 5) is 28.7. The van der Waals surface area contributed by atoms with E-state index in [4.69, 9.17) is 0 Å². The van der Waals surface area contributed by atoms with Crippen molar-refractivity contribution in [2.24, 2.45) is 11.8 Å². The molecule has 138 valence electrons. The number of rotatable bonds is 6. The van der Waals surface area contributed by atoms with Gasteiger partial charge in [0.15, 0.2) is 0 Å². The molecule has 0 aromatic carbocycles. The van der Waals surface area contributed by atoms with Crippen molar-refractivity contribution in [1.29, 1.82) is 0 Å². The minimum Gasteiger partial charge on any atom is -0.465 e. The molecule has 8 heteroatoms. The molecule has 3 atom stereocenters. The maximum absolute atomic E-state index is 11.5. The number of nitrogens with one attached hydrogen (secondary N) is 1. The maximum Gasteiger partial charge on any atom is 0.339 e. The summed E-state index contributed by atoms with van der Waals surface area (Å²) in [6, 6.07) is 1.19. The Balaban J connectivity index is 2.08. The highest BCUT2D eigenvalue weighted by Gasteiger charge is 2.25. The third kappa shape index (κ3) is 5.12. The highest BCUT2D eigenvalue weighted by atomic mass is 16.6. The Labute approximate surface area is 147 Å². The monoisotopic (exact) mass is 350 g/mol. The quantitative estimate of drug-likeness (QED) is 0.478. The molecule has 0 saturated carbocycles. The summed E-state index contributed by atoms with van der Waals surface area (Å²) in [5.74, 6) is 0.834. The fourth-order valence-electron chi connectivity index (χ4n) is 3.54. The lowest BCUT2D eigenvalue weighted by molar-refractivity contribution is -0.384. The molecule has 1 saturated heterocycles. The van der Waals surface area contributed by atoms with Gasteiger partial charge < -0.3 is 15.0 Å². The SMILES string of the molecule is COC(=O)c1cnc(NC(C)CN2CC(C)CC(C)C2)c([N+](=O)[O-])c1. The van der Waals surface area contributed by atoms with Crippen LogP contribution in [0.4, 0.5) is 11.5 Å². The Morgan fingerprint density at radius 1 is 1.48 bits per heavy atom. The smallest absolute Gasteiger partial charge is 0.339 e. The van der Waals surface area contributed by atoms with Crippen LogP contribution in [0.2, 0.25) is 0 Å². The summed E-state index contributed by atoms with van der Waals surface area (Å²) in [5, 5.41) is 14.4. The van der Waals surface area contributed by atoms with Crippen molar-refractivity contribution in [3.05, 3.63) is 27.9 Å². The number of anilines is 1. The van der Waals surface area contributed by atoms with Crippen LogP contribution >= 0.6 is 0 Å². The van der Waals surface area contributed by atoms with Crippen LogP contribution in [-0.2, 0) is 4.74 Å². The molecular formula is C17H26N4O4. The number of methoxy groups -OCH3 is 1. The lowest BCUT2D eigenvalue weighted by atomic mass is 9.92. The Morgan fingerprint density at radius 3 is 2.68 bits per heavy atom. The number of esters is 1. The van der Waals surface area contributed by atoms with Gasteiger partial charge in [0.05, 0.1) is 17.6 Å². The van der Waals surface area contributed by atoms with Gasteiger partial charge in [0.25, 0.3) is 0 Å². The second kappa shape index (κ2) is 8.24. The largest absolute Gasteiger partial charge is 0.465 e. The van der Waals surface area contributed by atoms with E-state index in [0.29, 0.717) is 11.8 Å². The van der Waals surface area contributed by atoms with Crippen LogP contribution in [0.1, 0.15) is 37.6 Å². The van der Waals surface area contributed by atoms with E-state index >= 15 is 0 Å². The number of carbonyl (C=O) groups excluding carboxylic acids is 1. The molecule has 0 radical (unpaired) electrons. The van der Waals surface area contributed by atoms with Crippen LogP contribution in [0.3, 0.4) is 0 Å². The molecule has 1 fully saturated rings. The van der Waals surface area contributed by atoms with Gasteiger partial charge in [-0.1, -0.05) is 13.8 Å². The first kappa shape index (κ1) is 19.1. The van der Waals surface area contributed by atoms with Gasteiger partial charge in [-0.15, -0.1) is 0 Å². The van der Waals surface area contributed by atoms with E-state index in [9.17, 15) is 14.9 Å². The first-order valence-electron chi connectivity index (χ1n) is 8.51. The number of pyridine rings is 1. The second-order valence-corrected chi connectivity index (χ2v) is 7.05. The standard InChI is InChI=1S/C17H26N4O4/c1-11-5-12(2)9-20(8-11)10-13(3)19-16-15(21(23)24)6-14(7-18-16)17(22)25-4/h6-7,11-13H,5,8-10H2,1-4H3,(H,18,19). The number of nitro groups is 1. The predicted octanol–water partition coefficient (Wildman–Crippen LogP) is 2.55. The summed E-state index contributed by atoms with van der Waals surface area (Å²) in [6.07, 6.45) is 2.53. The number of piperidine rings is 1. The summed E-state index contributed by atoms with van der Waals surface area (Å²) in [7, 11) is 1.23. The molecule has 2 rings (SSSR count). The van der Waals surface area contributed by atoms with E-state index in [-0.39, 0.29) is 23.1 Å². The summed E-state index contributed by atoms with van der Waals surface area (Å²) in [6.45, 7) is 9.33. The van der Waals surface area contributed by atoms with E-state index in [0.717, 1.165) is 19.6 Å². The molecule has 0 aliphatic carbocycles. The predicted molar refractivity (Wildman–Crippen MR) is 94.7 cm³/mol. The zero-order valence-corrected chi connectivity index (χ0v) is 15.2. The van der Waals surface area contributed by atoms with Crippen molar-refractivity contribution in [3.8, 4) is 0 Å². The number of aromatic nitrogens is 1. The molecular weight excluding hydrogens is 324 g/mol. The van der Waals surface area contributed by atoms with Gasteiger partial charge in [-0.25, -0.2) is 9.78 Å². The third-order valence-corrected chi connectivity index (χ3v) is 4.35. The van der Waals surface area contributed by atoms with Crippen LogP contribution in [-0.4, -0.2) is 53.6 Å². The minimum atomic E-state index is -0.647. The van der Waals surface area contributed by atoms with E-state index < -0.39 is 10.9 Å². The molecule has 1 aliphatic heterocycles. The highest BCUT2D eigenvalue weighted by Crippen LogP contribution is 2.25. The zero-order valence-electron chi connectivity index (χ0n) is 15.2. The topological polar surface area (TPSA) is 97.6 Å². The van der Waals surface area contributed by atoms with Crippen molar-refractivity contribution in [2.75, 3.05) is 32.1 Å². The van der Waals surface area contributed by atoms with Crippen molar-refractivity contribution >= 4 is 17.5 Å². The van der Waals surface area contributed by atoms with Gasteiger partial charge >= 0.3 is 11.7 Å². The molecule has 0 amide bonds. The second-order valence-electron chi connectivity index (χ2n) is 7.05. The molecule has 1 aliphatic rings. The first-order valence-corrected chi connectivity index (χ1v) is 8.51. The van der Waals surface area contributed by atoms with E-state index in [1.165, 1.54) is 25.8 Å². The Kier molecular flexibility index (Phi) is 6.30. The average Bonchev–Trinajstić information content (AvgIpc) is 2.53. The molecule has 2 heterocycles. The van der Waals surface area contributed by atoms with Gasteiger partial charge in [-0.2, -0.15) is 0 Å². The molecule has 1 aromatic rings. The lowest BCUT2D eigenvalue weighted by Crippen LogP contribution is -2.43. The van der Waals surface area contributed by atoms with E-state index in [1.54, 1.807) is 0 Å². The zero-order chi connectivity index (χ0) is 18.6. The number of carbonyl (C=O) groups is 1. The van der Waals surface area contributed by atoms with Gasteiger partial charge in [0, 0.05) is 37.9 Å². The summed E-state index contributed by atoms with van der Waals surface area (Å²) >= 11 is 0. The molecule has 8 nitrogen and oxygen atoms in total. The molecule has 1 aromatic heterocycles. The number of likely N-dealkylation sites (tertiary alicyclic amines) is 1. The summed E-state index contributed by atoms with van der Waals surface area (Å²) < 4.78 is 4.58. The number of nitrogens with zero attached hydrogens (tertiary/aromatic N) is 3. The van der Waals surface area contributed by atoms with E-state index in [2.05, 4.69) is 33.8 Å². The Bertz CT molecular complexity index is 627. The minimum absolute atomic E-state index is 0.00678. The van der Waals surface area contributed by atoms with Crippen LogP contribution < -0.4 is 5.32 Å². The first-order chi connectivity index (χ1) is 11.8. The number of ether oxygens (including phenoxy) is 1. The van der Waals surface area contributed by atoms with Gasteiger partial charge in [0.1, 0.15) is 0 Å². The van der Waals surface area contributed by atoms with Gasteiger partial charge in [0.2, 0.25) is 5.82 Å². The Hall–Kier alpha value is -2.22. The van der Waals surface area contributed by atoms with Crippen LogP contribution in [0.15, 0.2) is 12.3 Å². The van der Waals surface area contributed by atoms with Crippen molar-refractivity contribution in [2.45, 2.75) is 33.2 Å². The van der Waals surface area contributed by atoms with Gasteiger partial charge in [-0.05, 0) is 25.2 Å². The lowest BCUT2D eigenvalue weighted by Gasteiger charge is -2.36. The molecule has 0 bridgehead atoms. The van der Waals surface area contributed by atoms with Crippen molar-refractivity contribution in [3.63, 3.8) is 0 Å². The number of hydrogen-bond donors (Lipinski definition) is 1. The highest BCUT2D eigenvalue weighted by molar-refractivity contribution is 5.90. The molecule has 3 unspecified atom stereocenters. The fraction of sp³-hybridized carbons (Fsp3) is 0.647. The van der Waals surface area contributed by atoms with Crippen LogP contribution in [0.5, 0.6) is 0 Å². The molecule has 1 N–H and O–H groups in total. The normalized spacial score (nSPS) is 22.2. The van der Waals surface area contributed by atoms with Crippen molar-refractivity contribution < 1.29 is 14.5 Å². The van der Waals surface area contributed by atoms with Crippen LogP contribution in [0.25, 0.3) is 0 Å². The van der Waals surface area contributed by atoms with Crippen molar-refractivity contribution in [1.82, 2.24) is 9.88 Å². The molecule has 25 heavy (non-hydrogen) atoms. The number of hydrogen-bond acceptors (Lipinski definition) is 7. The molecule has 0 spiro atoms. The maximum atomic E-state index is 11.5.